The first kappa shape index (κ1) is 17.7. The Morgan fingerprint density at radius 1 is 1.24 bits per heavy atom. The SMILES string of the molecule is CC1NCCCC1NC(=O)CCC(=O)c1ccccc1.Cl. The maximum Gasteiger partial charge on any atom is 0.220 e. The van der Waals surface area contributed by atoms with Gasteiger partial charge in [0.15, 0.2) is 5.78 Å². The highest BCUT2D eigenvalue weighted by Gasteiger charge is 2.22. The predicted molar refractivity (Wildman–Crippen MR) is 85.9 cm³/mol. The Hall–Kier alpha value is -1.39. The fourth-order valence-electron chi connectivity index (χ4n) is 2.52. The minimum Gasteiger partial charge on any atom is -0.352 e. The summed E-state index contributed by atoms with van der Waals surface area (Å²) in [5.74, 6) is -0.00889. The standard InChI is InChI=1S/C16H22N2O2.ClH/c1-12-14(8-5-11-17-12)18-16(20)10-9-15(19)13-6-3-2-4-7-13;/h2-4,6-7,12,14,17H,5,8-11H2,1H3,(H,18,20);1H. The second kappa shape index (κ2) is 8.80. The van der Waals surface area contributed by atoms with Crippen LogP contribution in [0.1, 0.15) is 43.0 Å². The third kappa shape index (κ3) is 5.48. The van der Waals surface area contributed by atoms with E-state index in [4.69, 9.17) is 0 Å². The van der Waals surface area contributed by atoms with E-state index in [9.17, 15) is 9.59 Å². The summed E-state index contributed by atoms with van der Waals surface area (Å²) in [4.78, 5) is 23.8. The predicted octanol–water partition coefficient (Wildman–Crippen LogP) is 2.33. The molecule has 1 heterocycles. The van der Waals surface area contributed by atoms with Crippen LogP contribution in [0.5, 0.6) is 0 Å². The minimum atomic E-state index is -0.0326. The van der Waals surface area contributed by atoms with Gasteiger partial charge in [0, 0.05) is 30.5 Å². The summed E-state index contributed by atoms with van der Waals surface area (Å²) in [5, 5.41) is 6.37. The number of nitrogens with one attached hydrogen (secondary N) is 2. The van der Waals surface area contributed by atoms with Gasteiger partial charge in [-0.3, -0.25) is 9.59 Å². The third-order valence-electron chi connectivity index (χ3n) is 3.78. The largest absolute Gasteiger partial charge is 0.352 e. The Balaban J connectivity index is 0.00000220. The second-order valence-electron chi connectivity index (χ2n) is 5.35. The molecule has 1 fully saturated rings. The zero-order chi connectivity index (χ0) is 14.4. The Morgan fingerprint density at radius 2 is 1.95 bits per heavy atom. The Morgan fingerprint density at radius 3 is 2.62 bits per heavy atom. The summed E-state index contributed by atoms with van der Waals surface area (Å²) in [6, 6.07) is 9.60. The van der Waals surface area contributed by atoms with E-state index in [2.05, 4.69) is 17.6 Å². The van der Waals surface area contributed by atoms with E-state index in [1.807, 2.05) is 18.2 Å². The maximum absolute atomic E-state index is 11.9. The molecule has 0 spiro atoms. The zero-order valence-electron chi connectivity index (χ0n) is 12.3. The zero-order valence-corrected chi connectivity index (χ0v) is 13.1. The lowest BCUT2D eigenvalue weighted by Crippen LogP contribution is -2.51. The van der Waals surface area contributed by atoms with E-state index in [0.717, 1.165) is 19.4 Å². The molecular weight excluding hydrogens is 288 g/mol. The van der Waals surface area contributed by atoms with Gasteiger partial charge in [-0.05, 0) is 26.3 Å². The van der Waals surface area contributed by atoms with Gasteiger partial charge in [-0.25, -0.2) is 0 Å². The van der Waals surface area contributed by atoms with E-state index in [-0.39, 0.29) is 43.0 Å². The molecule has 1 aromatic rings. The first-order chi connectivity index (χ1) is 9.66. The molecule has 1 saturated heterocycles. The number of carbonyl (C=O) groups is 2. The number of halogens is 1. The smallest absolute Gasteiger partial charge is 0.220 e. The van der Waals surface area contributed by atoms with E-state index in [1.165, 1.54) is 0 Å². The van der Waals surface area contributed by atoms with Crippen LogP contribution in [-0.4, -0.2) is 30.3 Å². The Labute approximate surface area is 132 Å². The van der Waals surface area contributed by atoms with Crippen LogP contribution in [0.4, 0.5) is 0 Å². The summed E-state index contributed by atoms with van der Waals surface area (Å²) in [5.41, 5.74) is 0.674. The lowest BCUT2D eigenvalue weighted by molar-refractivity contribution is -0.122. The quantitative estimate of drug-likeness (QED) is 0.821. The van der Waals surface area contributed by atoms with Crippen LogP contribution in [0.25, 0.3) is 0 Å². The highest BCUT2D eigenvalue weighted by atomic mass is 35.5. The first-order valence-electron chi connectivity index (χ1n) is 7.28. The topological polar surface area (TPSA) is 58.2 Å². The van der Waals surface area contributed by atoms with Gasteiger partial charge in [0.1, 0.15) is 0 Å². The molecule has 1 aliphatic rings. The van der Waals surface area contributed by atoms with Crippen LogP contribution >= 0.6 is 12.4 Å². The molecule has 4 nitrogen and oxygen atoms in total. The molecule has 0 saturated carbocycles. The van der Waals surface area contributed by atoms with Gasteiger partial charge in [-0.2, -0.15) is 0 Å². The molecule has 2 N–H and O–H groups in total. The molecule has 1 aliphatic heterocycles. The third-order valence-corrected chi connectivity index (χ3v) is 3.78. The number of hydrogen-bond acceptors (Lipinski definition) is 3. The van der Waals surface area contributed by atoms with Gasteiger partial charge in [0.25, 0.3) is 0 Å². The number of rotatable bonds is 5. The molecule has 2 unspecified atom stereocenters. The number of ketones is 1. The van der Waals surface area contributed by atoms with Crippen LogP contribution in [0.2, 0.25) is 0 Å². The number of amides is 1. The minimum absolute atomic E-state index is 0. The van der Waals surface area contributed by atoms with Gasteiger partial charge in [0.05, 0.1) is 0 Å². The molecule has 0 aromatic heterocycles. The molecule has 1 aromatic carbocycles. The van der Waals surface area contributed by atoms with Crippen LogP contribution in [0.15, 0.2) is 30.3 Å². The molecule has 2 rings (SSSR count). The molecule has 21 heavy (non-hydrogen) atoms. The van der Waals surface area contributed by atoms with E-state index >= 15 is 0 Å². The summed E-state index contributed by atoms with van der Waals surface area (Å²) in [6.07, 6.45) is 2.62. The van der Waals surface area contributed by atoms with Crippen LogP contribution in [0.3, 0.4) is 0 Å². The molecule has 2 atom stereocenters. The highest BCUT2D eigenvalue weighted by Crippen LogP contribution is 2.09. The van der Waals surface area contributed by atoms with Crippen molar-refractivity contribution in [3.8, 4) is 0 Å². The normalized spacial score (nSPS) is 21.2. The fraction of sp³-hybridized carbons (Fsp3) is 0.500. The molecule has 0 radical (unpaired) electrons. The molecule has 0 bridgehead atoms. The van der Waals surface area contributed by atoms with Crippen LogP contribution in [-0.2, 0) is 4.79 Å². The molecular formula is C16H23ClN2O2. The van der Waals surface area contributed by atoms with Gasteiger partial charge in [-0.1, -0.05) is 30.3 Å². The van der Waals surface area contributed by atoms with Gasteiger partial charge in [0.2, 0.25) is 5.91 Å². The number of hydrogen-bond donors (Lipinski definition) is 2. The summed E-state index contributed by atoms with van der Waals surface area (Å²) in [7, 11) is 0. The van der Waals surface area contributed by atoms with Crippen molar-refractivity contribution in [2.75, 3.05) is 6.54 Å². The number of piperidine rings is 1. The lowest BCUT2D eigenvalue weighted by atomic mass is 9.99. The van der Waals surface area contributed by atoms with Crippen molar-refractivity contribution in [1.82, 2.24) is 10.6 Å². The Kier molecular flexibility index (Phi) is 7.40. The van der Waals surface area contributed by atoms with Crippen molar-refractivity contribution < 1.29 is 9.59 Å². The number of Topliss-reactive ketones (excluding diaryl/α,β-unsaturated/α-hetero) is 1. The monoisotopic (exact) mass is 310 g/mol. The highest BCUT2D eigenvalue weighted by molar-refractivity contribution is 5.97. The van der Waals surface area contributed by atoms with Crippen molar-refractivity contribution in [3.63, 3.8) is 0 Å². The van der Waals surface area contributed by atoms with E-state index in [0.29, 0.717) is 11.6 Å². The molecule has 5 heteroatoms. The van der Waals surface area contributed by atoms with Gasteiger partial charge in [-0.15, -0.1) is 12.4 Å². The fourth-order valence-corrected chi connectivity index (χ4v) is 2.52. The molecule has 1 amide bonds. The summed E-state index contributed by atoms with van der Waals surface area (Å²) < 4.78 is 0. The van der Waals surface area contributed by atoms with E-state index < -0.39 is 0 Å². The van der Waals surface area contributed by atoms with Gasteiger partial charge >= 0.3 is 0 Å². The summed E-state index contributed by atoms with van der Waals surface area (Å²) in [6.45, 7) is 3.10. The average Bonchev–Trinajstić information content (AvgIpc) is 2.48. The molecule has 0 aliphatic carbocycles. The average molecular weight is 311 g/mol. The van der Waals surface area contributed by atoms with Crippen LogP contribution in [0, 0.1) is 0 Å². The molecule has 116 valence electrons. The van der Waals surface area contributed by atoms with Crippen molar-refractivity contribution in [3.05, 3.63) is 35.9 Å². The van der Waals surface area contributed by atoms with Crippen molar-refractivity contribution in [2.24, 2.45) is 0 Å². The first-order valence-corrected chi connectivity index (χ1v) is 7.28. The summed E-state index contributed by atoms with van der Waals surface area (Å²) >= 11 is 0. The van der Waals surface area contributed by atoms with Crippen molar-refractivity contribution in [2.45, 2.75) is 44.7 Å². The van der Waals surface area contributed by atoms with Crippen LogP contribution < -0.4 is 10.6 Å². The van der Waals surface area contributed by atoms with E-state index in [1.54, 1.807) is 12.1 Å². The number of benzene rings is 1. The Bertz CT molecular complexity index is 465. The maximum atomic E-state index is 11.9. The second-order valence-corrected chi connectivity index (χ2v) is 5.35. The van der Waals surface area contributed by atoms with Gasteiger partial charge < -0.3 is 10.6 Å². The van der Waals surface area contributed by atoms with Crippen molar-refractivity contribution in [1.29, 1.82) is 0 Å². The lowest BCUT2D eigenvalue weighted by Gasteiger charge is -2.30. The number of carbonyl (C=O) groups excluding carboxylic acids is 2. The van der Waals surface area contributed by atoms with Crippen molar-refractivity contribution >= 4 is 24.1 Å².